The maximum atomic E-state index is 11.4. The Labute approximate surface area is 149 Å². The summed E-state index contributed by atoms with van der Waals surface area (Å²) in [4.78, 5) is 33.9. The topological polar surface area (TPSA) is 51.2 Å². The van der Waals surface area contributed by atoms with Gasteiger partial charge in [-0.1, -0.05) is 74.5 Å². The van der Waals surface area contributed by atoms with Crippen molar-refractivity contribution < 1.29 is 14.4 Å². The molecule has 0 saturated heterocycles. The van der Waals surface area contributed by atoms with Crippen molar-refractivity contribution in [3.63, 3.8) is 0 Å². The van der Waals surface area contributed by atoms with Crippen molar-refractivity contribution in [3.05, 3.63) is 83.4 Å². The van der Waals surface area contributed by atoms with Gasteiger partial charge in [-0.05, 0) is 19.9 Å². The fourth-order valence-corrected chi connectivity index (χ4v) is 2.35. The molecule has 1 aliphatic carbocycles. The van der Waals surface area contributed by atoms with Gasteiger partial charge in [0, 0.05) is 16.7 Å². The predicted octanol–water partition coefficient (Wildman–Crippen LogP) is 5.17. The summed E-state index contributed by atoms with van der Waals surface area (Å²) in [6, 6.07) is 16.2. The third kappa shape index (κ3) is 5.08. The van der Waals surface area contributed by atoms with Crippen LogP contribution in [0.4, 0.5) is 0 Å². The Hall–Kier alpha value is -2.81. The number of ketones is 3. The van der Waals surface area contributed by atoms with Gasteiger partial charge in [0.1, 0.15) is 0 Å². The third-order valence-electron chi connectivity index (χ3n) is 3.62. The van der Waals surface area contributed by atoms with Gasteiger partial charge in [-0.15, -0.1) is 0 Å². The van der Waals surface area contributed by atoms with Crippen LogP contribution < -0.4 is 0 Å². The molecule has 0 heterocycles. The van der Waals surface area contributed by atoms with Crippen LogP contribution in [-0.2, 0) is 0 Å². The molecule has 0 atom stereocenters. The summed E-state index contributed by atoms with van der Waals surface area (Å²) in [5, 5.41) is 0. The molecule has 0 unspecified atom stereocenters. The molecule has 0 N–H and O–H groups in total. The minimum absolute atomic E-state index is 0.0457. The van der Waals surface area contributed by atoms with Crippen LogP contribution in [0.5, 0.6) is 0 Å². The lowest BCUT2D eigenvalue weighted by molar-refractivity contribution is 0.0851. The molecule has 2 aromatic rings. The lowest BCUT2D eigenvalue weighted by atomic mass is 10.1. The Morgan fingerprint density at radius 1 is 0.840 bits per heavy atom. The molecular weight excluding hydrogens is 312 g/mol. The molecule has 3 nitrogen and oxygen atoms in total. The van der Waals surface area contributed by atoms with E-state index in [4.69, 9.17) is 0 Å². The van der Waals surface area contributed by atoms with Crippen LogP contribution in [0.25, 0.3) is 0 Å². The average Bonchev–Trinajstić information content (AvgIpc) is 2.89. The van der Waals surface area contributed by atoms with Gasteiger partial charge in [-0.3, -0.25) is 14.4 Å². The Balaban J connectivity index is 0.000000229. The molecule has 0 radical (unpaired) electrons. The molecule has 130 valence electrons. The maximum Gasteiger partial charge on any atom is 0.185 e. The van der Waals surface area contributed by atoms with Crippen LogP contribution in [0.15, 0.2) is 66.7 Å². The van der Waals surface area contributed by atoms with Crippen LogP contribution >= 0.6 is 0 Å². The van der Waals surface area contributed by atoms with E-state index in [2.05, 4.69) is 0 Å². The van der Waals surface area contributed by atoms with Crippen molar-refractivity contribution in [1.29, 1.82) is 0 Å². The highest BCUT2D eigenvalue weighted by molar-refractivity contribution is 6.26. The molecule has 25 heavy (non-hydrogen) atoms. The summed E-state index contributed by atoms with van der Waals surface area (Å²) >= 11 is 0. The molecule has 0 aromatic heterocycles. The van der Waals surface area contributed by atoms with Crippen molar-refractivity contribution >= 4 is 17.3 Å². The molecule has 0 aliphatic heterocycles. The number of Topliss-reactive ketones (excluding diaryl/α,β-unsaturated/α-hetero) is 2. The summed E-state index contributed by atoms with van der Waals surface area (Å²) in [6.45, 7) is 7.49. The van der Waals surface area contributed by atoms with Crippen LogP contribution in [0.1, 0.15) is 58.8 Å². The third-order valence-corrected chi connectivity index (χ3v) is 3.62. The van der Waals surface area contributed by atoms with Crippen molar-refractivity contribution in [2.45, 2.75) is 27.7 Å². The number of fused-ring (bicyclic) bond motifs is 1. The normalized spacial score (nSPS) is 12.8. The second kappa shape index (κ2) is 10.1. The van der Waals surface area contributed by atoms with Gasteiger partial charge in [0.05, 0.1) is 5.92 Å². The van der Waals surface area contributed by atoms with Crippen LogP contribution in [-0.4, -0.2) is 17.3 Å². The Kier molecular flexibility index (Phi) is 8.21. The minimum atomic E-state index is -0.470. The monoisotopic (exact) mass is 336 g/mol. The van der Waals surface area contributed by atoms with E-state index >= 15 is 0 Å². The molecule has 0 spiro atoms. The minimum Gasteiger partial charge on any atom is -0.293 e. The molecular formula is C22H24O3. The summed E-state index contributed by atoms with van der Waals surface area (Å²) < 4.78 is 0. The van der Waals surface area contributed by atoms with Gasteiger partial charge < -0.3 is 0 Å². The van der Waals surface area contributed by atoms with Gasteiger partial charge in [0.25, 0.3) is 0 Å². The quantitative estimate of drug-likeness (QED) is 0.432. The number of carbonyl (C=O) groups excluding carboxylic acids is 3. The first-order valence-corrected chi connectivity index (χ1v) is 8.45. The van der Waals surface area contributed by atoms with Crippen LogP contribution in [0.2, 0.25) is 0 Å². The van der Waals surface area contributed by atoms with Crippen molar-refractivity contribution in [3.8, 4) is 0 Å². The second-order valence-corrected chi connectivity index (χ2v) is 5.23. The molecule has 0 fully saturated rings. The first-order valence-electron chi connectivity index (χ1n) is 8.45. The molecule has 1 aliphatic rings. The van der Waals surface area contributed by atoms with E-state index in [9.17, 15) is 14.4 Å². The number of hydrogen-bond donors (Lipinski definition) is 0. The number of rotatable bonds is 2. The maximum absolute atomic E-state index is 11.4. The lowest BCUT2D eigenvalue weighted by Gasteiger charge is -1.92. The van der Waals surface area contributed by atoms with Crippen molar-refractivity contribution in [1.82, 2.24) is 0 Å². The smallest absolute Gasteiger partial charge is 0.185 e. The molecule has 3 rings (SSSR count). The van der Waals surface area contributed by atoms with Crippen molar-refractivity contribution in [2.24, 2.45) is 5.92 Å². The number of allylic oxidation sites excluding steroid dienone is 2. The van der Waals surface area contributed by atoms with Crippen molar-refractivity contribution in [2.75, 3.05) is 0 Å². The average molecular weight is 336 g/mol. The molecule has 2 aromatic carbocycles. The zero-order valence-corrected chi connectivity index (χ0v) is 15.2. The lowest BCUT2D eigenvalue weighted by Crippen LogP contribution is -2.09. The van der Waals surface area contributed by atoms with Gasteiger partial charge in [0.15, 0.2) is 17.3 Å². The predicted molar refractivity (Wildman–Crippen MR) is 101 cm³/mol. The summed E-state index contributed by atoms with van der Waals surface area (Å²) in [5.41, 5.74) is 1.90. The summed E-state index contributed by atoms with van der Waals surface area (Å²) in [6.07, 6.45) is 3.31. The van der Waals surface area contributed by atoms with E-state index in [1.54, 1.807) is 43.3 Å². The Bertz CT molecular complexity index is 723. The zero-order valence-electron chi connectivity index (χ0n) is 15.2. The molecule has 3 heteroatoms. The van der Waals surface area contributed by atoms with Crippen LogP contribution in [0, 0.1) is 5.92 Å². The summed E-state index contributed by atoms with van der Waals surface area (Å²) in [5.74, 6) is -0.498. The van der Waals surface area contributed by atoms with E-state index < -0.39 is 5.92 Å². The van der Waals surface area contributed by atoms with Gasteiger partial charge in [0.2, 0.25) is 0 Å². The summed E-state index contributed by atoms with van der Waals surface area (Å²) in [7, 11) is 0. The van der Waals surface area contributed by atoms with E-state index in [0.717, 1.165) is 5.56 Å². The van der Waals surface area contributed by atoms with Crippen LogP contribution in [0.3, 0.4) is 0 Å². The number of carbonyl (C=O) groups is 3. The largest absolute Gasteiger partial charge is 0.293 e. The van der Waals surface area contributed by atoms with Gasteiger partial charge in [-0.25, -0.2) is 0 Å². The Morgan fingerprint density at radius 3 is 1.72 bits per heavy atom. The highest BCUT2D eigenvalue weighted by Crippen LogP contribution is 2.25. The van der Waals surface area contributed by atoms with E-state index in [-0.39, 0.29) is 17.3 Å². The second-order valence-electron chi connectivity index (χ2n) is 5.23. The number of benzene rings is 2. The number of hydrogen-bond acceptors (Lipinski definition) is 3. The molecule has 0 bridgehead atoms. The highest BCUT2D eigenvalue weighted by atomic mass is 16.2. The fraction of sp³-hybridized carbons (Fsp3) is 0.227. The first-order chi connectivity index (χ1) is 12.1. The standard InChI is InChI=1S/C10H8O2.C10H10O.C2H6/c1-6-9(11)7-4-2-3-5-8(7)10(6)12;1-2-6-10(11)9-7-4-3-5-8-9;1-2/h2-6H,1H3;2-8H,1H3;1-2H3. The van der Waals surface area contributed by atoms with Gasteiger partial charge >= 0.3 is 0 Å². The van der Waals surface area contributed by atoms with Gasteiger partial charge in [-0.2, -0.15) is 0 Å². The Morgan fingerprint density at radius 2 is 1.28 bits per heavy atom. The molecule has 0 saturated carbocycles. The fourth-order valence-electron chi connectivity index (χ4n) is 2.35. The van der Waals surface area contributed by atoms with E-state index in [0.29, 0.717) is 11.1 Å². The highest BCUT2D eigenvalue weighted by Gasteiger charge is 2.34. The van der Waals surface area contributed by atoms with E-state index in [1.807, 2.05) is 51.1 Å². The first kappa shape index (κ1) is 20.2. The zero-order chi connectivity index (χ0) is 18.8. The SMILES string of the molecule is CC.CC1C(=O)c2ccccc2C1=O.CC=CC(=O)c1ccccc1. The molecule has 0 amide bonds. The van der Waals surface area contributed by atoms with E-state index in [1.165, 1.54) is 0 Å².